The van der Waals surface area contributed by atoms with Crippen molar-refractivity contribution in [1.82, 2.24) is 15.1 Å². The number of hydrogen-bond acceptors (Lipinski definition) is 4. The van der Waals surface area contributed by atoms with Crippen LogP contribution in [0.25, 0.3) is 0 Å². The molecule has 2 aliphatic rings. The molecule has 1 atom stereocenters. The molecule has 0 aliphatic carbocycles. The molecule has 4 rings (SSSR count). The van der Waals surface area contributed by atoms with Gasteiger partial charge < -0.3 is 14.4 Å². The minimum atomic E-state index is 0.0488. The van der Waals surface area contributed by atoms with Gasteiger partial charge in [0.25, 0.3) is 0 Å². The highest BCUT2D eigenvalue weighted by molar-refractivity contribution is 5.77. The number of hydrogen-bond donors (Lipinski definition) is 1. The Labute approximate surface area is 153 Å². The zero-order valence-electron chi connectivity index (χ0n) is 15.6. The van der Waals surface area contributed by atoms with Crippen LogP contribution in [0.15, 0.2) is 18.2 Å². The third-order valence-electron chi connectivity index (χ3n) is 5.57. The minimum absolute atomic E-state index is 0.0488. The fraction of sp³-hybridized carbons (Fsp3) is 0.500. The number of nitrogens with one attached hydrogen (secondary N) is 1. The molecule has 2 aromatic rings. The Hall–Kier alpha value is -2.50. The molecule has 6 heteroatoms. The monoisotopic (exact) mass is 355 g/mol. The lowest BCUT2D eigenvalue weighted by Gasteiger charge is -2.40. The number of carbonyl (C=O) groups excluding carboxylic acids is 1. The first-order chi connectivity index (χ1) is 12.4. The van der Waals surface area contributed by atoms with E-state index in [1.165, 1.54) is 5.56 Å². The third-order valence-corrected chi connectivity index (χ3v) is 5.57. The molecule has 0 spiro atoms. The summed E-state index contributed by atoms with van der Waals surface area (Å²) >= 11 is 0. The highest BCUT2D eigenvalue weighted by Crippen LogP contribution is 2.38. The van der Waals surface area contributed by atoms with Crippen LogP contribution in [0.4, 0.5) is 0 Å². The third kappa shape index (κ3) is 3.16. The normalized spacial score (nSPS) is 22.1. The molecule has 0 unspecified atom stereocenters. The van der Waals surface area contributed by atoms with Crippen LogP contribution in [-0.4, -0.2) is 34.3 Å². The minimum Gasteiger partial charge on any atom is -0.454 e. The van der Waals surface area contributed by atoms with E-state index in [1.807, 2.05) is 24.8 Å². The van der Waals surface area contributed by atoms with Gasteiger partial charge in [-0.2, -0.15) is 5.10 Å². The number of aromatic nitrogens is 2. The van der Waals surface area contributed by atoms with Crippen molar-refractivity contribution in [3.63, 3.8) is 0 Å². The predicted molar refractivity (Wildman–Crippen MR) is 97.1 cm³/mol. The highest BCUT2D eigenvalue weighted by Gasteiger charge is 2.35. The number of aromatic amines is 1. The molecule has 0 saturated carbocycles. The van der Waals surface area contributed by atoms with Crippen molar-refractivity contribution < 1.29 is 14.3 Å². The SMILES string of the molecule is Cc1n[nH]c(C)c1CN1C[C@](C)(Cc2ccc3c(c2)OCO3)CCC1=O. The molecule has 26 heavy (non-hydrogen) atoms. The summed E-state index contributed by atoms with van der Waals surface area (Å²) in [5, 5.41) is 7.27. The molecule has 1 fully saturated rings. The maximum atomic E-state index is 12.5. The molecule has 6 nitrogen and oxygen atoms in total. The summed E-state index contributed by atoms with van der Waals surface area (Å²) in [5.41, 5.74) is 4.41. The van der Waals surface area contributed by atoms with Gasteiger partial charge in [0, 0.05) is 30.8 Å². The zero-order valence-corrected chi connectivity index (χ0v) is 15.6. The number of aryl methyl sites for hydroxylation is 2. The van der Waals surface area contributed by atoms with E-state index in [9.17, 15) is 4.79 Å². The second-order valence-electron chi connectivity index (χ2n) is 7.84. The van der Waals surface area contributed by atoms with E-state index < -0.39 is 0 Å². The van der Waals surface area contributed by atoms with Crippen LogP contribution in [0.2, 0.25) is 0 Å². The van der Waals surface area contributed by atoms with Crippen LogP contribution >= 0.6 is 0 Å². The van der Waals surface area contributed by atoms with Crippen molar-refractivity contribution in [3.8, 4) is 11.5 Å². The molecule has 0 bridgehead atoms. The smallest absolute Gasteiger partial charge is 0.231 e. The number of amides is 1. The molecule has 1 saturated heterocycles. The molecular formula is C20H25N3O3. The van der Waals surface area contributed by atoms with Crippen LogP contribution in [0.5, 0.6) is 11.5 Å². The van der Waals surface area contributed by atoms with Gasteiger partial charge in [0.15, 0.2) is 11.5 Å². The van der Waals surface area contributed by atoms with Crippen molar-refractivity contribution in [1.29, 1.82) is 0 Å². The van der Waals surface area contributed by atoms with E-state index in [0.29, 0.717) is 19.8 Å². The van der Waals surface area contributed by atoms with Crippen LogP contribution in [-0.2, 0) is 17.8 Å². The molecule has 138 valence electrons. The maximum absolute atomic E-state index is 12.5. The average molecular weight is 355 g/mol. The number of piperidine rings is 1. The van der Waals surface area contributed by atoms with Crippen molar-refractivity contribution >= 4 is 5.91 Å². The lowest BCUT2D eigenvalue weighted by atomic mass is 9.76. The number of carbonyl (C=O) groups is 1. The van der Waals surface area contributed by atoms with E-state index in [4.69, 9.17) is 9.47 Å². The number of likely N-dealkylation sites (tertiary alicyclic amines) is 1. The van der Waals surface area contributed by atoms with E-state index in [-0.39, 0.29) is 11.3 Å². The molecule has 0 radical (unpaired) electrons. The van der Waals surface area contributed by atoms with Gasteiger partial charge in [-0.3, -0.25) is 9.89 Å². The molecule has 1 aromatic heterocycles. The van der Waals surface area contributed by atoms with Crippen LogP contribution in [0.1, 0.15) is 42.3 Å². The van der Waals surface area contributed by atoms with E-state index in [0.717, 1.165) is 47.8 Å². The number of ether oxygens (including phenoxy) is 2. The Morgan fingerprint density at radius 3 is 2.85 bits per heavy atom. The summed E-state index contributed by atoms with van der Waals surface area (Å²) in [6.07, 6.45) is 2.41. The number of H-pyrrole nitrogens is 1. The Bertz CT molecular complexity index is 825. The standard InChI is InChI=1S/C20H25N3O3/c1-13-16(14(2)22-21-13)10-23-11-20(3,7-6-19(23)24)9-15-4-5-17-18(8-15)26-12-25-17/h4-5,8H,6-7,9-12H2,1-3H3,(H,21,22)/t20-/m0/s1. The Morgan fingerprint density at radius 2 is 2.08 bits per heavy atom. The van der Waals surface area contributed by atoms with Gasteiger partial charge in [-0.05, 0) is 49.8 Å². The quantitative estimate of drug-likeness (QED) is 0.915. The summed E-state index contributed by atoms with van der Waals surface area (Å²) in [6, 6.07) is 6.15. The Morgan fingerprint density at radius 1 is 1.27 bits per heavy atom. The van der Waals surface area contributed by atoms with E-state index >= 15 is 0 Å². The van der Waals surface area contributed by atoms with Crippen LogP contribution in [0.3, 0.4) is 0 Å². The summed E-state index contributed by atoms with van der Waals surface area (Å²) in [4.78, 5) is 14.5. The lowest BCUT2D eigenvalue weighted by Crippen LogP contribution is -2.45. The van der Waals surface area contributed by atoms with Gasteiger partial charge in [-0.1, -0.05) is 13.0 Å². The second kappa shape index (κ2) is 6.34. The van der Waals surface area contributed by atoms with Crippen LogP contribution in [0, 0.1) is 19.3 Å². The fourth-order valence-electron chi connectivity index (χ4n) is 4.02. The summed E-state index contributed by atoms with van der Waals surface area (Å²) in [7, 11) is 0. The number of fused-ring (bicyclic) bond motifs is 1. The van der Waals surface area contributed by atoms with Gasteiger partial charge in [-0.25, -0.2) is 0 Å². The Kier molecular flexibility index (Phi) is 4.13. The van der Waals surface area contributed by atoms with Crippen molar-refractivity contribution in [2.45, 2.75) is 46.6 Å². The van der Waals surface area contributed by atoms with Gasteiger partial charge in [0.05, 0.1) is 5.69 Å². The number of nitrogens with zero attached hydrogens (tertiary/aromatic N) is 2. The molecule has 1 amide bonds. The van der Waals surface area contributed by atoms with Crippen molar-refractivity contribution in [3.05, 3.63) is 40.7 Å². The highest BCUT2D eigenvalue weighted by atomic mass is 16.7. The predicted octanol–water partition coefficient (Wildman–Crippen LogP) is 3.13. The first-order valence-electron chi connectivity index (χ1n) is 9.10. The fourth-order valence-corrected chi connectivity index (χ4v) is 4.02. The first-order valence-corrected chi connectivity index (χ1v) is 9.10. The molecule has 1 aromatic carbocycles. The second-order valence-corrected chi connectivity index (χ2v) is 7.84. The maximum Gasteiger partial charge on any atom is 0.231 e. The molecular weight excluding hydrogens is 330 g/mol. The zero-order chi connectivity index (χ0) is 18.3. The molecule has 3 heterocycles. The van der Waals surface area contributed by atoms with Gasteiger partial charge in [0.1, 0.15) is 0 Å². The summed E-state index contributed by atoms with van der Waals surface area (Å²) in [5.74, 6) is 1.86. The summed E-state index contributed by atoms with van der Waals surface area (Å²) in [6.45, 7) is 7.94. The van der Waals surface area contributed by atoms with Gasteiger partial charge in [-0.15, -0.1) is 0 Å². The van der Waals surface area contributed by atoms with Gasteiger partial charge >= 0.3 is 0 Å². The largest absolute Gasteiger partial charge is 0.454 e. The van der Waals surface area contributed by atoms with Crippen molar-refractivity contribution in [2.75, 3.05) is 13.3 Å². The number of rotatable bonds is 4. The first kappa shape index (κ1) is 16.9. The van der Waals surface area contributed by atoms with E-state index in [1.54, 1.807) is 0 Å². The Balaban J connectivity index is 1.50. The lowest BCUT2D eigenvalue weighted by molar-refractivity contribution is -0.137. The van der Waals surface area contributed by atoms with Gasteiger partial charge in [0.2, 0.25) is 12.7 Å². The topological polar surface area (TPSA) is 67.5 Å². The average Bonchev–Trinajstić information content (AvgIpc) is 3.19. The number of benzene rings is 1. The molecule has 2 aliphatic heterocycles. The summed E-state index contributed by atoms with van der Waals surface area (Å²) < 4.78 is 10.9. The van der Waals surface area contributed by atoms with Crippen LogP contribution < -0.4 is 9.47 Å². The van der Waals surface area contributed by atoms with Crippen molar-refractivity contribution in [2.24, 2.45) is 5.41 Å². The van der Waals surface area contributed by atoms with E-state index in [2.05, 4.69) is 29.3 Å². The molecule has 1 N–H and O–H groups in total.